The highest BCUT2D eigenvalue weighted by molar-refractivity contribution is 7.99. The fraction of sp³-hybridized carbons (Fsp3) is 0.190. The van der Waals surface area contributed by atoms with Gasteiger partial charge in [0.2, 0.25) is 0 Å². The Morgan fingerprint density at radius 3 is 2.71 bits per heavy atom. The number of nitrogens with two attached hydrogens (primary N) is 1. The largest absolute Gasteiger partial charge is 0.497 e. The van der Waals surface area contributed by atoms with E-state index in [-0.39, 0.29) is 11.6 Å². The summed E-state index contributed by atoms with van der Waals surface area (Å²) in [5, 5.41) is 0.856. The van der Waals surface area contributed by atoms with Crippen LogP contribution in [0.4, 0.5) is 10.2 Å². The van der Waals surface area contributed by atoms with E-state index in [9.17, 15) is 4.39 Å². The van der Waals surface area contributed by atoms with Gasteiger partial charge in [0.15, 0.2) is 22.5 Å². The first-order chi connectivity index (χ1) is 15.0. The van der Waals surface area contributed by atoms with Crippen LogP contribution in [0.2, 0.25) is 5.02 Å². The molecule has 0 bridgehead atoms. The van der Waals surface area contributed by atoms with E-state index < -0.39 is 0 Å². The summed E-state index contributed by atoms with van der Waals surface area (Å²) >= 11 is 7.16. The molecule has 0 atom stereocenters. The Labute approximate surface area is 187 Å². The first-order valence-electron chi connectivity index (χ1n) is 9.30. The summed E-state index contributed by atoms with van der Waals surface area (Å²) in [6.45, 7) is 0.452. The molecule has 0 spiro atoms. The highest BCUT2D eigenvalue weighted by atomic mass is 35.5. The lowest BCUT2D eigenvalue weighted by molar-refractivity contribution is 0.394. The number of fused-ring (bicyclic) bond motifs is 1. The SMILES string of the molecule is COc1ccc(OC)c(Sc2nc3c(N)ncn(CCc4ccc(Cl)cc4F)c-3n2)c1. The third-order valence-corrected chi connectivity index (χ3v) is 5.82. The van der Waals surface area contributed by atoms with Crippen molar-refractivity contribution in [2.24, 2.45) is 0 Å². The van der Waals surface area contributed by atoms with Crippen LogP contribution in [0.1, 0.15) is 5.56 Å². The van der Waals surface area contributed by atoms with Crippen molar-refractivity contribution in [1.29, 1.82) is 0 Å². The standard InChI is InChI=1S/C21H19ClFN5O2S/c1-29-14-5-6-16(30-2)17(10-14)31-21-26-18-19(24)25-11-28(20(18)27-21)8-7-12-3-4-13(22)9-15(12)23/h3-6,9-11H,7-8,24H2,1-2H3. The summed E-state index contributed by atoms with van der Waals surface area (Å²) in [5.74, 6) is 1.88. The van der Waals surface area contributed by atoms with Gasteiger partial charge in [-0.25, -0.2) is 19.3 Å². The van der Waals surface area contributed by atoms with Crippen LogP contribution in [0.5, 0.6) is 11.5 Å². The van der Waals surface area contributed by atoms with Crippen LogP contribution < -0.4 is 15.2 Å². The van der Waals surface area contributed by atoms with Crippen molar-refractivity contribution in [2.75, 3.05) is 20.0 Å². The molecule has 0 saturated heterocycles. The first kappa shape index (κ1) is 21.2. The molecule has 0 aliphatic carbocycles. The van der Waals surface area contributed by atoms with Crippen molar-refractivity contribution < 1.29 is 13.9 Å². The van der Waals surface area contributed by atoms with Crippen LogP contribution in [0.3, 0.4) is 0 Å². The number of halogens is 2. The van der Waals surface area contributed by atoms with Gasteiger partial charge in [0, 0.05) is 11.6 Å². The van der Waals surface area contributed by atoms with Crippen LogP contribution >= 0.6 is 23.4 Å². The molecule has 0 unspecified atom stereocenters. The zero-order chi connectivity index (χ0) is 22.0. The molecule has 2 aromatic rings. The molecule has 0 amide bonds. The van der Waals surface area contributed by atoms with Crippen LogP contribution in [0.25, 0.3) is 11.5 Å². The lowest BCUT2D eigenvalue weighted by Crippen LogP contribution is -2.10. The highest BCUT2D eigenvalue weighted by Gasteiger charge is 2.20. The number of methoxy groups -OCH3 is 2. The van der Waals surface area contributed by atoms with E-state index in [1.165, 1.54) is 17.8 Å². The van der Waals surface area contributed by atoms with Gasteiger partial charge in [0.25, 0.3) is 0 Å². The summed E-state index contributed by atoms with van der Waals surface area (Å²) in [5.41, 5.74) is 7.07. The average Bonchev–Trinajstić information content (AvgIpc) is 3.19. The van der Waals surface area contributed by atoms with Crippen LogP contribution in [0.15, 0.2) is 52.8 Å². The molecule has 2 heterocycles. The van der Waals surface area contributed by atoms with Gasteiger partial charge < -0.3 is 19.8 Å². The smallest absolute Gasteiger partial charge is 0.195 e. The quantitative estimate of drug-likeness (QED) is 0.433. The fourth-order valence-corrected chi connectivity index (χ4v) is 4.12. The molecular formula is C21H19ClFN5O2S. The Hall–Kier alpha value is -3.04. The number of imidazole rings is 1. The Morgan fingerprint density at radius 2 is 1.97 bits per heavy atom. The number of rotatable bonds is 7. The molecule has 31 heavy (non-hydrogen) atoms. The number of hydrogen-bond acceptors (Lipinski definition) is 7. The van der Waals surface area contributed by atoms with Crippen molar-refractivity contribution in [3.63, 3.8) is 0 Å². The molecule has 2 aliphatic heterocycles. The number of ether oxygens (including phenoxy) is 2. The second-order valence-electron chi connectivity index (χ2n) is 6.61. The van der Waals surface area contributed by atoms with Crippen molar-refractivity contribution >= 4 is 29.2 Å². The maximum absolute atomic E-state index is 14.1. The average molecular weight is 460 g/mol. The monoisotopic (exact) mass is 459 g/mol. The van der Waals surface area contributed by atoms with E-state index in [1.807, 2.05) is 18.2 Å². The lowest BCUT2D eigenvalue weighted by Gasteiger charge is -2.11. The Morgan fingerprint density at radius 1 is 1.13 bits per heavy atom. The van der Waals surface area contributed by atoms with E-state index in [2.05, 4.69) is 15.0 Å². The van der Waals surface area contributed by atoms with Crippen molar-refractivity contribution in [2.45, 2.75) is 23.0 Å². The topological polar surface area (TPSA) is 88.1 Å². The first-order valence-corrected chi connectivity index (χ1v) is 10.5. The maximum Gasteiger partial charge on any atom is 0.195 e. The van der Waals surface area contributed by atoms with Crippen LogP contribution in [-0.4, -0.2) is 33.7 Å². The molecule has 7 nitrogen and oxygen atoms in total. The van der Waals surface area contributed by atoms with Gasteiger partial charge in [-0.2, -0.15) is 0 Å². The molecule has 2 N–H and O–H groups in total. The van der Waals surface area contributed by atoms with Gasteiger partial charge in [-0.1, -0.05) is 17.7 Å². The third-order valence-electron chi connectivity index (χ3n) is 4.68. The third kappa shape index (κ3) is 4.52. The molecule has 0 saturated carbocycles. The molecule has 2 aliphatic rings. The molecule has 0 aromatic heterocycles. The van der Waals surface area contributed by atoms with Crippen LogP contribution in [-0.2, 0) is 13.0 Å². The summed E-state index contributed by atoms with van der Waals surface area (Å²) in [6.07, 6.45) is 2.02. The molecular weight excluding hydrogens is 441 g/mol. The van der Waals surface area contributed by atoms with E-state index >= 15 is 0 Å². The minimum Gasteiger partial charge on any atom is -0.497 e. The predicted molar refractivity (Wildman–Crippen MR) is 118 cm³/mol. The molecule has 160 valence electrons. The van der Waals surface area contributed by atoms with Crippen molar-refractivity contribution in [3.8, 4) is 23.0 Å². The molecule has 10 heteroatoms. The zero-order valence-electron chi connectivity index (χ0n) is 16.8. The Bertz CT molecular complexity index is 1200. The second kappa shape index (κ2) is 8.99. The van der Waals surface area contributed by atoms with E-state index in [0.29, 0.717) is 51.7 Å². The predicted octanol–water partition coefficient (Wildman–Crippen LogP) is 4.56. The van der Waals surface area contributed by atoms with E-state index in [1.54, 1.807) is 37.2 Å². The molecule has 2 aromatic carbocycles. The minimum atomic E-state index is -0.345. The van der Waals surface area contributed by atoms with Gasteiger partial charge in [-0.3, -0.25) is 0 Å². The second-order valence-corrected chi connectivity index (χ2v) is 8.05. The number of aryl methyl sites for hydroxylation is 2. The number of hydrogen-bond donors (Lipinski definition) is 1. The van der Waals surface area contributed by atoms with Gasteiger partial charge >= 0.3 is 0 Å². The van der Waals surface area contributed by atoms with E-state index in [0.717, 1.165) is 4.90 Å². The summed E-state index contributed by atoms with van der Waals surface area (Å²) in [7, 11) is 3.20. The van der Waals surface area contributed by atoms with Gasteiger partial charge in [-0.05, 0) is 54.1 Å². The summed E-state index contributed by atoms with van der Waals surface area (Å²) < 4.78 is 26.7. The van der Waals surface area contributed by atoms with E-state index in [4.69, 9.17) is 26.8 Å². The van der Waals surface area contributed by atoms with Gasteiger partial charge in [-0.15, -0.1) is 0 Å². The van der Waals surface area contributed by atoms with Crippen molar-refractivity contribution in [1.82, 2.24) is 19.5 Å². The minimum absolute atomic E-state index is 0.279. The number of nitrogen functional groups attached to an aromatic ring is 1. The number of anilines is 1. The summed E-state index contributed by atoms with van der Waals surface area (Å²) in [6, 6.07) is 10.1. The molecule has 0 radical (unpaired) electrons. The van der Waals surface area contributed by atoms with Crippen LogP contribution in [0, 0.1) is 5.82 Å². The van der Waals surface area contributed by atoms with Gasteiger partial charge in [0.05, 0.1) is 25.4 Å². The Balaban J connectivity index is 1.63. The number of nitrogens with zero attached hydrogens (tertiary/aromatic N) is 4. The lowest BCUT2D eigenvalue weighted by atomic mass is 10.1. The number of aromatic nitrogens is 4. The molecule has 0 fully saturated rings. The Kier molecular flexibility index (Phi) is 6.15. The highest BCUT2D eigenvalue weighted by Crippen LogP contribution is 2.38. The fourth-order valence-electron chi connectivity index (χ4n) is 3.07. The summed E-state index contributed by atoms with van der Waals surface area (Å²) in [4.78, 5) is 14.2. The normalized spacial score (nSPS) is 11.1. The number of benzene rings is 2. The zero-order valence-corrected chi connectivity index (χ0v) is 18.4. The van der Waals surface area contributed by atoms with Gasteiger partial charge in [0.1, 0.15) is 17.3 Å². The molecule has 4 rings (SSSR count). The maximum atomic E-state index is 14.1. The van der Waals surface area contributed by atoms with Crippen molar-refractivity contribution in [3.05, 3.63) is 59.1 Å².